The second-order valence-electron chi connectivity index (χ2n) is 3.44. The number of hydrogen-bond acceptors (Lipinski definition) is 2. The maximum Gasteiger partial charge on any atom is 0.133 e. The Kier molecular flexibility index (Phi) is 1.53. The molecule has 64 valence electrons. The van der Waals surface area contributed by atoms with Gasteiger partial charge in [0.15, 0.2) is 0 Å². The maximum absolute atomic E-state index is 11.0. The van der Waals surface area contributed by atoms with Crippen molar-refractivity contribution < 1.29 is 4.79 Å². The van der Waals surface area contributed by atoms with E-state index in [1.165, 1.54) is 5.69 Å². The standard InChI is InChI=1S/C9H12N2O/c1-6(12)7-5-8(7)9-3-4-10-11(9)2/h3-4,7-8H,5H2,1-2H3/t7?,8-/m1/s1. The van der Waals surface area contributed by atoms with Gasteiger partial charge in [0.1, 0.15) is 5.78 Å². The van der Waals surface area contributed by atoms with Gasteiger partial charge in [0.2, 0.25) is 0 Å². The Bertz CT molecular complexity index is 316. The number of ketones is 1. The first-order chi connectivity index (χ1) is 5.70. The number of carbonyl (C=O) groups excluding carboxylic acids is 1. The van der Waals surface area contributed by atoms with Gasteiger partial charge in [-0.15, -0.1) is 0 Å². The highest BCUT2D eigenvalue weighted by atomic mass is 16.1. The van der Waals surface area contributed by atoms with Gasteiger partial charge in [0.05, 0.1) is 0 Å². The van der Waals surface area contributed by atoms with Crippen molar-refractivity contribution in [2.24, 2.45) is 13.0 Å². The topological polar surface area (TPSA) is 34.9 Å². The fourth-order valence-electron chi connectivity index (χ4n) is 1.72. The zero-order chi connectivity index (χ0) is 8.72. The van der Waals surface area contributed by atoms with Crippen LogP contribution in [0.15, 0.2) is 12.3 Å². The summed E-state index contributed by atoms with van der Waals surface area (Å²) < 4.78 is 1.85. The molecule has 1 aliphatic carbocycles. The van der Waals surface area contributed by atoms with Crippen molar-refractivity contribution in [3.05, 3.63) is 18.0 Å². The second-order valence-corrected chi connectivity index (χ2v) is 3.44. The van der Waals surface area contributed by atoms with Gasteiger partial charge in [-0.25, -0.2) is 0 Å². The molecule has 0 bridgehead atoms. The quantitative estimate of drug-likeness (QED) is 0.656. The lowest BCUT2D eigenvalue weighted by atomic mass is 10.2. The van der Waals surface area contributed by atoms with Crippen LogP contribution < -0.4 is 0 Å². The van der Waals surface area contributed by atoms with Crippen molar-refractivity contribution in [1.82, 2.24) is 9.78 Å². The van der Waals surface area contributed by atoms with E-state index in [1.54, 1.807) is 13.1 Å². The fraction of sp³-hybridized carbons (Fsp3) is 0.556. The number of Topliss-reactive ketones (excluding diaryl/α,β-unsaturated/α-hetero) is 1. The molecule has 0 aromatic carbocycles. The molecule has 2 atom stereocenters. The summed E-state index contributed by atoms with van der Waals surface area (Å²) in [7, 11) is 1.92. The monoisotopic (exact) mass is 164 g/mol. The van der Waals surface area contributed by atoms with Crippen LogP contribution in [0.25, 0.3) is 0 Å². The number of aromatic nitrogens is 2. The van der Waals surface area contributed by atoms with E-state index in [2.05, 4.69) is 5.10 Å². The second kappa shape index (κ2) is 2.44. The van der Waals surface area contributed by atoms with Crippen molar-refractivity contribution in [2.45, 2.75) is 19.3 Å². The van der Waals surface area contributed by atoms with Crippen LogP contribution in [0.1, 0.15) is 25.0 Å². The molecule has 12 heavy (non-hydrogen) atoms. The molecule has 1 fully saturated rings. The van der Waals surface area contributed by atoms with Crippen molar-refractivity contribution in [2.75, 3.05) is 0 Å². The zero-order valence-corrected chi connectivity index (χ0v) is 7.32. The van der Waals surface area contributed by atoms with E-state index in [1.807, 2.05) is 17.8 Å². The van der Waals surface area contributed by atoms with E-state index in [-0.39, 0.29) is 5.92 Å². The van der Waals surface area contributed by atoms with Crippen LogP contribution in [0.5, 0.6) is 0 Å². The third-order valence-corrected chi connectivity index (χ3v) is 2.55. The molecule has 0 amide bonds. The molecule has 1 aliphatic rings. The average molecular weight is 164 g/mol. The first kappa shape index (κ1) is 7.53. The van der Waals surface area contributed by atoms with Gasteiger partial charge < -0.3 is 0 Å². The summed E-state index contributed by atoms with van der Waals surface area (Å²) in [4.78, 5) is 11.0. The summed E-state index contributed by atoms with van der Waals surface area (Å²) in [6, 6.07) is 1.99. The number of carbonyl (C=O) groups is 1. The average Bonchev–Trinajstić information content (AvgIpc) is 2.70. The summed E-state index contributed by atoms with van der Waals surface area (Å²) in [5.41, 5.74) is 1.19. The molecule has 1 unspecified atom stereocenters. The molecule has 2 rings (SSSR count). The molecule has 0 spiro atoms. The zero-order valence-electron chi connectivity index (χ0n) is 7.32. The molecular formula is C9H12N2O. The van der Waals surface area contributed by atoms with E-state index >= 15 is 0 Å². The first-order valence-electron chi connectivity index (χ1n) is 4.18. The molecular weight excluding hydrogens is 152 g/mol. The Morgan fingerprint density at radius 1 is 1.75 bits per heavy atom. The molecule has 1 saturated carbocycles. The third-order valence-electron chi connectivity index (χ3n) is 2.55. The molecule has 1 aromatic heterocycles. The summed E-state index contributed by atoms with van der Waals surface area (Å²) >= 11 is 0. The molecule has 1 heterocycles. The van der Waals surface area contributed by atoms with Crippen molar-refractivity contribution in [3.8, 4) is 0 Å². The number of nitrogens with zero attached hydrogens (tertiary/aromatic N) is 2. The Balaban J connectivity index is 2.15. The Morgan fingerprint density at radius 2 is 2.50 bits per heavy atom. The van der Waals surface area contributed by atoms with E-state index in [0.29, 0.717) is 11.7 Å². The minimum absolute atomic E-state index is 0.264. The van der Waals surface area contributed by atoms with Crippen LogP contribution in [0.3, 0.4) is 0 Å². The van der Waals surface area contributed by atoms with Crippen molar-refractivity contribution in [1.29, 1.82) is 0 Å². The van der Waals surface area contributed by atoms with Gasteiger partial charge in [0.25, 0.3) is 0 Å². The normalized spacial score (nSPS) is 27.2. The highest BCUT2D eigenvalue weighted by Gasteiger charge is 2.43. The summed E-state index contributed by atoms with van der Waals surface area (Å²) in [5.74, 6) is 1.01. The van der Waals surface area contributed by atoms with Crippen LogP contribution in [-0.2, 0) is 11.8 Å². The summed E-state index contributed by atoms with van der Waals surface area (Å²) in [6.07, 6.45) is 2.79. The molecule has 3 heteroatoms. The van der Waals surface area contributed by atoms with Crippen LogP contribution in [0.4, 0.5) is 0 Å². The van der Waals surface area contributed by atoms with Crippen molar-refractivity contribution in [3.63, 3.8) is 0 Å². The molecule has 3 nitrogen and oxygen atoms in total. The SMILES string of the molecule is CC(=O)C1C[C@H]1c1ccnn1C. The molecule has 0 radical (unpaired) electrons. The Labute approximate surface area is 71.4 Å². The van der Waals surface area contributed by atoms with E-state index in [4.69, 9.17) is 0 Å². The Morgan fingerprint density at radius 3 is 2.92 bits per heavy atom. The van der Waals surface area contributed by atoms with E-state index in [0.717, 1.165) is 6.42 Å². The first-order valence-corrected chi connectivity index (χ1v) is 4.18. The van der Waals surface area contributed by atoms with Crippen LogP contribution >= 0.6 is 0 Å². The van der Waals surface area contributed by atoms with Gasteiger partial charge in [-0.1, -0.05) is 0 Å². The smallest absolute Gasteiger partial charge is 0.133 e. The van der Waals surface area contributed by atoms with Gasteiger partial charge in [0, 0.05) is 30.8 Å². The van der Waals surface area contributed by atoms with Gasteiger partial charge in [-0.2, -0.15) is 5.10 Å². The lowest BCUT2D eigenvalue weighted by molar-refractivity contribution is -0.118. The summed E-state index contributed by atoms with van der Waals surface area (Å²) in [5, 5.41) is 4.08. The minimum atomic E-state index is 0.264. The number of aryl methyl sites for hydroxylation is 1. The molecule has 0 saturated heterocycles. The third kappa shape index (κ3) is 1.05. The predicted octanol–water partition coefficient (Wildman–Crippen LogP) is 1.11. The highest BCUT2D eigenvalue weighted by molar-refractivity contribution is 5.82. The highest BCUT2D eigenvalue weighted by Crippen LogP contribution is 2.47. The maximum atomic E-state index is 11.0. The Hall–Kier alpha value is -1.12. The molecule has 0 N–H and O–H groups in total. The van der Waals surface area contributed by atoms with E-state index < -0.39 is 0 Å². The van der Waals surface area contributed by atoms with E-state index in [9.17, 15) is 4.79 Å². The largest absolute Gasteiger partial charge is 0.300 e. The van der Waals surface area contributed by atoms with Crippen LogP contribution in [0.2, 0.25) is 0 Å². The summed E-state index contributed by atoms with van der Waals surface area (Å²) in [6.45, 7) is 1.67. The van der Waals surface area contributed by atoms with Gasteiger partial charge >= 0.3 is 0 Å². The number of rotatable bonds is 2. The van der Waals surface area contributed by atoms with Crippen LogP contribution in [0, 0.1) is 5.92 Å². The van der Waals surface area contributed by atoms with Gasteiger partial charge in [-0.05, 0) is 19.4 Å². The predicted molar refractivity (Wildman–Crippen MR) is 44.7 cm³/mol. The fourth-order valence-corrected chi connectivity index (χ4v) is 1.72. The molecule has 1 aromatic rings. The lowest BCUT2D eigenvalue weighted by Gasteiger charge is -1.97. The molecule has 0 aliphatic heterocycles. The van der Waals surface area contributed by atoms with Gasteiger partial charge in [-0.3, -0.25) is 9.48 Å². The van der Waals surface area contributed by atoms with Crippen molar-refractivity contribution >= 4 is 5.78 Å². The lowest BCUT2D eigenvalue weighted by Crippen LogP contribution is -2.00. The number of hydrogen-bond donors (Lipinski definition) is 0. The van der Waals surface area contributed by atoms with Crippen LogP contribution in [-0.4, -0.2) is 15.6 Å². The minimum Gasteiger partial charge on any atom is -0.300 e.